The Morgan fingerprint density at radius 1 is 1.14 bits per heavy atom. The normalized spacial score (nSPS) is 23.1. The van der Waals surface area contributed by atoms with E-state index in [9.17, 15) is 4.79 Å². The fourth-order valence-corrected chi connectivity index (χ4v) is 3.05. The molecule has 0 radical (unpaired) electrons. The van der Waals surface area contributed by atoms with E-state index in [0.29, 0.717) is 26.4 Å². The Morgan fingerprint density at radius 3 is 2.38 bits per heavy atom. The molecule has 29 heavy (non-hydrogen) atoms. The highest BCUT2D eigenvalue weighted by Crippen LogP contribution is 2.25. The number of benzene rings is 1. The van der Waals surface area contributed by atoms with Crippen molar-refractivity contribution in [2.45, 2.75) is 79.0 Å². The average Bonchev–Trinajstić information content (AvgIpc) is 2.59. The molecule has 3 atom stereocenters. The molecular weight excluding hydrogens is 370 g/mol. The van der Waals surface area contributed by atoms with Gasteiger partial charge in [0, 0.05) is 0 Å². The molecule has 0 aromatic heterocycles. The van der Waals surface area contributed by atoms with Crippen LogP contribution in [0.2, 0.25) is 0 Å². The smallest absolute Gasteiger partial charge is 0.411 e. The molecule has 1 aromatic carbocycles. The predicted molar refractivity (Wildman–Crippen MR) is 113 cm³/mol. The van der Waals surface area contributed by atoms with Gasteiger partial charge < -0.3 is 18.9 Å². The number of hydrogen-bond acceptors (Lipinski definition) is 5. The quantitative estimate of drug-likeness (QED) is 0.689. The number of hydrogen-bond donors (Lipinski definition) is 0. The van der Waals surface area contributed by atoms with E-state index in [-0.39, 0.29) is 23.6 Å². The summed E-state index contributed by atoms with van der Waals surface area (Å²) in [5, 5.41) is 0. The molecule has 2 rings (SSSR count). The minimum absolute atomic E-state index is 0.00940. The molecule has 1 aliphatic heterocycles. The zero-order valence-corrected chi connectivity index (χ0v) is 18.9. The second-order valence-corrected chi connectivity index (χ2v) is 9.86. The molecule has 1 heterocycles. The SMILES string of the molecule is CC1[C@@H](OCC(C)(C)C)OCC(COCc2ccccc2)N1C(=O)OC(C)(C)C. The third-order valence-electron chi connectivity index (χ3n) is 4.39. The van der Waals surface area contributed by atoms with Crippen molar-refractivity contribution < 1.29 is 23.7 Å². The first-order chi connectivity index (χ1) is 13.5. The summed E-state index contributed by atoms with van der Waals surface area (Å²) >= 11 is 0. The second-order valence-electron chi connectivity index (χ2n) is 9.86. The lowest BCUT2D eigenvalue weighted by Gasteiger charge is -2.44. The third kappa shape index (κ3) is 7.96. The summed E-state index contributed by atoms with van der Waals surface area (Å²) in [7, 11) is 0. The van der Waals surface area contributed by atoms with E-state index in [0.717, 1.165) is 5.56 Å². The molecule has 0 bridgehead atoms. The van der Waals surface area contributed by atoms with Gasteiger partial charge in [-0.3, -0.25) is 4.90 Å². The first-order valence-corrected chi connectivity index (χ1v) is 10.3. The van der Waals surface area contributed by atoms with E-state index < -0.39 is 11.9 Å². The largest absolute Gasteiger partial charge is 0.444 e. The van der Waals surface area contributed by atoms with Crippen LogP contribution in [0.25, 0.3) is 0 Å². The van der Waals surface area contributed by atoms with E-state index in [2.05, 4.69) is 20.8 Å². The number of carbonyl (C=O) groups excluding carboxylic acids is 1. The van der Waals surface area contributed by atoms with Crippen molar-refractivity contribution in [3.05, 3.63) is 35.9 Å². The molecule has 1 amide bonds. The summed E-state index contributed by atoms with van der Waals surface area (Å²) in [4.78, 5) is 14.7. The second kappa shape index (κ2) is 9.92. The first kappa shape index (κ1) is 23.6. The number of ether oxygens (including phenoxy) is 4. The highest BCUT2D eigenvalue weighted by molar-refractivity contribution is 5.69. The number of nitrogens with zero attached hydrogens (tertiary/aromatic N) is 1. The van der Waals surface area contributed by atoms with Crippen LogP contribution in [0.5, 0.6) is 0 Å². The van der Waals surface area contributed by atoms with Gasteiger partial charge in [0.2, 0.25) is 0 Å². The maximum Gasteiger partial charge on any atom is 0.411 e. The van der Waals surface area contributed by atoms with E-state index >= 15 is 0 Å². The van der Waals surface area contributed by atoms with Crippen LogP contribution in [0.1, 0.15) is 54.0 Å². The lowest BCUT2D eigenvalue weighted by molar-refractivity contribution is -0.228. The molecule has 0 spiro atoms. The highest BCUT2D eigenvalue weighted by Gasteiger charge is 2.41. The Kier molecular flexibility index (Phi) is 8.09. The van der Waals surface area contributed by atoms with Crippen LogP contribution in [0.4, 0.5) is 4.79 Å². The Labute approximate surface area is 175 Å². The lowest BCUT2D eigenvalue weighted by atomic mass is 9.98. The van der Waals surface area contributed by atoms with Gasteiger partial charge >= 0.3 is 6.09 Å². The fourth-order valence-electron chi connectivity index (χ4n) is 3.05. The standard InChI is InChI=1S/C23H37NO5/c1-17-20(28-16-22(2,3)4)27-15-19(24(17)21(25)29-23(5,6)7)14-26-13-18-11-9-8-10-12-18/h8-12,17,19-20H,13-16H2,1-7H3/t17?,19?,20-/m1/s1. The fraction of sp³-hybridized carbons (Fsp3) is 0.696. The van der Waals surface area contributed by atoms with Crippen LogP contribution in [-0.2, 0) is 25.6 Å². The average molecular weight is 408 g/mol. The topological polar surface area (TPSA) is 57.2 Å². The van der Waals surface area contributed by atoms with E-state index in [1.165, 1.54) is 0 Å². The number of rotatable bonds is 6. The van der Waals surface area contributed by atoms with Crippen LogP contribution in [0.15, 0.2) is 30.3 Å². The summed E-state index contributed by atoms with van der Waals surface area (Å²) < 4.78 is 23.5. The molecule has 1 aliphatic rings. The Hall–Kier alpha value is -1.63. The molecule has 164 valence electrons. The summed E-state index contributed by atoms with van der Waals surface area (Å²) in [6.07, 6.45) is -0.863. The molecular formula is C23H37NO5. The summed E-state index contributed by atoms with van der Waals surface area (Å²) in [6, 6.07) is 9.44. The van der Waals surface area contributed by atoms with Gasteiger partial charge in [-0.2, -0.15) is 0 Å². The van der Waals surface area contributed by atoms with Crippen LogP contribution in [0.3, 0.4) is 0 Å². The first-order valence-electron chi connectivity index (χ1n) is 10.3. The molecule has 6 heteroatoms. The minimum Gasteiger partial charge on any atom is -0.444 e. The Bertz CT molecular complexity index is 635. The van der Waals surface area contributed by atoms with Crippen molar-refractivity contribution >= 4 is 6.09 Å². The van der Waals surface area contributed by atoms with Crippen molar-refractivity contribution in [1.82, 2.24) is 4.90 Å². The maximum absolute atomic E-state index is 13.0. The van der Waals surface area contributed by atoms with Crippen molar-refractivity contribution in [3.63, 3.8) is 0 Å². The lowest BCUT2D eigenvalue weighted by Crippen LogP contribution is -2.60. The number of carbonyl (C=O) groups is 1. The maximum atomic E-state index is 13.0. The molecule has 2 unspecified atom stereocenters. The van der Waals surface area contributed by atoms with Crippen molar-refractivity contribution in [3.8, 4) is 0 Å². The van der Waals surface area contributed by atoms with E-state index in [4.69, 9.17) is 18.9 Å². The van der Waals surface area contributed by atoms with Gasteiger partial charge in [-0.1, -0.05) is 51.1 Å². The van der Waals surface area contributed by atoms with Gasteiger partial charge in [-0.25, -0.2) is 4.79 Å². The Morgan fingerprint density at radius 2 is 1.79 bits per heavy atom. The van der Waals surface area contributed by atoms with Crippen LogP contribution in [-0.4, -0.2) is 54.8 Å². The van der Waals surface area contributed by atoms with Crippen LogP contribution < -0.4 is 0 Å². The summed E-state index contributed by atoms with van der Waals surface area (Å²) in [5.41, 5.74) is 0.523. The van der Waals surface area contributed by atoms with Crippen molar-refractivity contribution in [2.75, 3.05) is 19.8 Å². The molecule has 6 nitrogen and oxygen atoms in total. The van der Waals surface area contributed by atoms with Crippen LogP contribution >= 0.6 is 0 Å². The number of amides is 1. The third-order valence-corrected chi connectivity index (χ3v) is 4.39. The zero-order chi connectivity index (χ0) is 21.7. The van der Waals surface area contributed by atoms with Crippen molar-refractivity contribution in [2.24, 2.45) is 5.41 Å². The predicted octanol–water partition coefficient (Wildman–Crippen LogP) is 4.62. The van der Waals surface area contributed by atoms with Crippen molar-refractivity contribution in [1.29, 1.82) is 0 Å². The molecule has 0 saturated carbocycles. The van der Waals surface area contributed by atoms with Gasteiger partial charge in [0.05, 0.1) is 38.5 Å². The zero-order valence-electron chi connectivity index (χ0n) is 18.9. The molecule has 0 N–H and O–H groups in total. The molecule has 1 fully saturated rings. The van der Waals surface area contributed by atoms with E-state index in [1.807, 2.05) is 58.0 Å². The highest BCUT2D eigenvalue weighted by atomic mass is 16.7. The van der Waals surface area contributed by atoms with Gasteiger partial charge in [0.25, 0.3) is 0 Å². The van der Waals surface area contributed by atoms with E-state index in [1.54, 1.807) is 4.90 Å². The van der Waals surface area contributed by atoms with Gasteiger partial charge in [0.15, 0.2) is 6.29 Å². The Balaban J connectivity index is 2.04. The molecule has 1 saturated heterocycles. The summed E-state index contributed by atoms with van der Waals surface area (Å²) in [6.45, 7) is 15.6. The molecule has 0 aliphatic carbocycles. The molecule has 1 aromatic rings. The van der Waals surface area contributed by atoms with Crippen LogP contribution in [0, 0.1) is 5.41 Å². The monoisotopic (exact) mass is 407 g/mol. The van der Waals surface area contributed by atoms with Gasteiger partial charge in [-0.15, -0.1) is 0 Å². The minimum atomic E-state index is -0.577. The number of morpholine rings is 1. The van der Waals surface area contributed by atoms with Gasteiger partial charge in [-0.05, 0) is 38.7 Å². The summed E-state index contributed by atoms with van der Waals surface area (Å²) in [5.74, 6) is 0. The van der Waals surface area contributed by atoms with Gasteiger partial charge in [0.1, 0.15) is 5.60 Å².